The number of benzene rings is 1. The van der Waals surface area contributed by atoms with Gasteiger partial charge in [0.15, 0.2) is 0 Å². The standard InChI is InChI=1S/C15H17NO4/c17-14(16-7-3-4-10(8-16)15(18)19)12-9-20-13-6-2-1-5-11(12)13/h1-2,5-6,10,12H,3-4,7-9H2,(H,18,19)/t10-,12?/m0/s1. The molecule has 2 aliphatic rings. The van der Waals surface area contributed by atoms with Gasteiger partial charge in [0.1, 0.15) is 18.3 Å². The number of rotatable bonds is 2. The molecule has 1 unspecified atom stereocenters. The molecule has 106 valence electrons. The highest BCUT2D eigenvalue weighted by atomic mass is 16.5. The number of hydrogen-bond acceptors (Lipinski definition) is 3. The summed E-state index contributed by atoms with van der Waals surface area (Å²) < 4.78 is 5.53. The van der Waals surface area contributed by atoms with Crippen molar-refractivity contribution in [3.8, 4) is 5.75 Å². The van der Waals surface area contributed by atoms with E-state index in [2.05, 4.69) is 0 Å². The molecule has 0 aliphatic carbocycles. The van der Waals surface area contributed by atoms with Crippen LogP contribution in [0, 0.1) is 5.92 Å². The molecule has 2 atom stereocenters. The minimum Gasteiger partial charge on any atom is -0.492 e. The van der Waals surface area contributed by atoms with Crippen LogP contribution in [0.2, 0.25) is 0 Å². The number of ether oxygens (including phenoxy) is 1. The van der Waals surface area contributed by atoms with Crippen molar-refractivity contribution in [1.82, 2.24) is 4.90 Å². The highest BCUT2D eigenvalue weighted by molar-refractivity contribution is 5.86. The summed E-state index contributed by atoms with van der Waals surface area (Å²) in [6.45, 7) is 1.31. The molecule has 1 N–H and O–H groups in total. The average Bonchev–Trinajstić information content (AvgIpc) is 2.90. The normalized spacial score (nSPS) is 24.9. The van der Waals surface area contributed by atoms with Gasteiger partial charge in [0, 0.05) is 18.7 Å². The quantitative estimate of drug-likeness (QED) is 0.888. The number of likely N-dealkylation sites (tertiary alicyclic amines) is 1. The molecule has 0 saturated carbocycles. The first-order valence-corrected chi connectivity index (χ1v) is 6.90. The zero-order valence-electron chi connectivity index (χ0n) is 11.1. The Hall–Kier alpha value is -2.04. The molecule has 3 rings (SSSR count). The fraction of sp³-hybridized carbons (Fsp3) is 0.467. The van der Waals surface area contributed by atoms with Gasteiger partial charge in [-0.3, -0.25) is 9.59 Å². The summed E-state index contributed by atoms with van der Waals surface area (Å²) >= 11 is 0. The molecule has 0 spiro atoms. The number of carboxylic acid groups (broad SMARTS) is 1. The van der Waals surface area contributed by atoms with E-state index in [1.165, 1.54) is 0 Å². The predicted molar refractivity (Wildman–Crippen MR) is 71.6 cm³/mol. The van der Waals surface area contributed by atoms with E-state index in [1.54, 1.807) is 4.90 Å². The van der Waals surface area contributed by atoms with E-state index < -0.39 is 11.9 Å². The number of fused-ring (bicyclic) bond motifs is 1. The lowest BCUT2D eigenvalue weighted by Gasteiger charge is -2.32. The largest absolute Gasteiger partial charge is 0.492 e. The van der Waals surface area contributed by atoms with Crippen LogP contribution in [0.15, 0.2) is 24.3 Å². The minimum atomic E-state index is -0.814. The number of aliphatic carboxylic acids is 1. The summed E-state index contributed by atoms with van der Waals surface area (Å²) in [5.41, 5.74) is 0.912. The van der Waals surface area contributed by atoms with Crippen molar-refractivity contribution in [3.05, 3.63) is 29.8 Å². The van der Waals surface area contributed by atoms with Crippen molar-refractivity contribution in [2.75, 3.05) is 19.7 Å². The summed E-state index contributed by atoms with van der Waals surface area (Å²) in [5.74, 6) is -0.798. The number of carboxylic acids is 1. The summed E-state index contributed by atoms with van der Waals surface area (Å²) in [7, 11) is 0. The van der Waals surface area contributed by atoms with Crippen molar-refractivity contribution in [1.29, 1.82) is 0 Å². The SMILES string of the molecule is O=C(O)[C@H]1CCCN(C(=O)C2COc3ccccc32)C1. The van der Waals surface area contributed by atoms with Gasteiger partial charge in [0.05, 0.1) is 5.92 Å². The van der Waals surface area contributed by atoms with E-state index in [-0.39, 0.29) is 11.8 Å². The molecule has 1 saturated heterocycles. The lowest BCUT2D eigenvalue weighted by Crippen LogP contribution is -2.44. The first kappa shape index (κ1) is 13.0. The Morgan fingerprint density at radius 1 is 1.30 bits per heavy atom. The number of carbonyl (C=O) groups excluding carboxylic acids is 1. The lowest BCUT2D eigenvalue weighted by atomic mass is 9.94. The van der Waals surface area contributed by atoms with Gasteiger partial charge in [-0.25, -0.2) is 0 Å². The van der Waals surface area contributed by atoms with Crippen LogP contribution in [0.4, 0.5) is 0 Å². The van der Waals surface area contributed by atoms with E-state index >= 15 is 0 Å². The maximum Gasteiger partial charge on any atom is 0.308 e. The highest BCUT2D eigenvalue weighted by Gasteiger charge is 2.36. The highest BCUT2D eigenvalue weighted by Crippen LogP contribution is 2.35. The molecular formula is C15H17NO4. The van der Waals surface area contributed by atoms with E-state index in [0.29, 0.717) is 26.1 Å². The van der Waals surface area contributed by atoms with Gasteiger partial charge >= 0.3 is 5.97 Å². The molecule has 1 aromatic carbocycles. The van der Waals surface area contributed by atoms with Gasteiger partial charge in [-0.05, 0) is 18.9 Å². The first-order valence-electron chi connectivity index (χ1n) is 6.90. The van der Waals surface area contributed by atoms with Crippen molar-refractivity contribution in [2.45, 2.75) is 18.8 Å². The smallest absolute Gasteiger partial charge is 0.308 e. The predicted octanol–water partition coefficient (Wildman–Crippen LogP) is 1.49. The van der Waals surface area contributed by atoms with Crippen LogP contribution in [0.3, 0.4) is 0 Å². The molecule has 2 heterocycles. The summed E-state index contributed by atoms with van der Waals surface area (Å²) in [6.07, 6.45) is 1.40. The van der Waals surface area contributed by atoms with Gasteiger partial charge in [-0.2, -0.15) is 0 Å². The van der Waals surface area contributed by atoms with Crippen LogP contribution in [0.25, 0.3) is 0 Å². The molecule has 0 bridgehead atoms. The third-order valence-electron chi connectivity index (χ3n) is 4.08. The second-order valence-electron chi connectivity index (χ2n) is 5.36. The summed E-state index contributed by atoms with van der Waals surface area (Å²) in [4.78, 5) is 25.3. The third-order valence-corrected chi connectivity index (χ3v) is 4.08. The van der Waals surface area contributed by atoms with Crippen molar-refractivity contribution < 1.29 is 19.4 Å². The average molecular weight is 275 g/mol. The van der Waals surface area contributed by atoms with Crippen LogP contribution in [0.1, 0.15) is 24.3 Å². The second kappa shape index (κ2) is 5.15. The molecule has 5 nitrogen and oxygen atoms in total. The van der Waals surface area contributed by atoms with Gasteiger partial charge in [-0.15, -0.1) is 0 Å². The third kappa shape index (κ3) is 2.24. The Bertz CT molecular complexity index is 542. The van der Waals surface area contributed by atoms with Gasteiger partial charge in [0.2, 0.25) is 5.91 Å². The summed E-state index contributed by atoms with van der Waals surface area (Å²) in [6, 6.07) is 7.54. The first-order chi connectivity index (χ1) is 9.66. The molecule has 2 aliphatic heterocycles. The van der Waals surface area contributed by atoms with E-state index in [4.69, 9.17) is 9.84 Å². The van der Waals surface area contributed by atoms with Crippen LogP contribution in [-0.2, 0) is 9.59 Å². The zero-order valence-corrected chi connectivity index (χ0v) is 11.1. The number of carbonyl (C=O) groups is 2. The van der Waals surface area contributed by atoms with E-state index in [0.717, 1.165) is 17.7 Å². The molecular weight excluding hydrogens is 258 g/mol. The number of hydrogen-bond donors (Lipinski definition) is 1. The topological polar surface area (TPSA) is 66.8 Å². The van der Waals surface area contributed by atoms with E-state index in [1.807, 2.05) is 24.3 Å². The van der Waals surface area contributed by atoms with Crippen LogP contribution in [0.5, 0.6) is 5.75 Å². The number of piperidine rings is 1. The lowest BCUT2D eigenvalue weighted by molar-refractivity contribution is -0.146. The Balaban J connectivity index is 1.75. The molecule has 1 aromatic rings. The van der Waals surface area contributed by atoms with Crippen molar-refractivity contribution in [3.63, 3.8) is 0 Å². The molecule has 1 amide bonds. The maximum atomic E-state index is 12.6. The Morgan fingerprint density at radius 3 is 2.90 bits per heavy atom. The van der Waals surface area contributed by atoms with Gasteiger partial charge < -0.3 is 14.7 Å². The number of para-hydroxylation sites is 1. The Morgan fingerprint density at radius 2 is 2.10 bits per heavy atom. The monoisotopic (exact) mass is 275 g/mol. The fourth-order valence-corrected chi connectivity index (χ4v) is 2.97. The molecule has 20 heavy (non-hydrogen) atoms. The number of nitrogens with zero attached hydrogens (tertiary/aromatic N) is 1. The molecule has 0 radical (unpaired) electrons. The number of amides is 1. The van der Waals surface area contributed by atoms with Gasteiger partial charge in [-0.1, -0.05) is 18.2 Å². The minimum absolute atomic E-state index is 0.0131. The molecule has 1 fully saturated rings. The zero-order chi connectivity index (χ0) is 14.1. The van der Waals surface area contributed by atoms with Crippen LogP contribution < -0.4 is 4.74 Å². The Kier molecular flexibility index (Phi) is 3.34. The van der Waals surface area contributed by atoms with E-state index in [9.17, 15) is 9.59 Å². The fourth-order valence-electron chi connectivity index (χ4n) is 2.97. The molecule has 0 aromatic heterocycles. The Labute approximate surface area is 117 Å². The molecule has 5 heteroatoms. The van der Waals surface area contributed by atoms with Crippen LogP contribution in [-0.4, -0.2) is 41.6 Å². The van der Waals surface area contributed by atoms with Gasteiger partial charge in [0.25, 0.3) is 0 Å². The maximum absolute atomic E-state index is 12.6. The second-order valence-corrected chi connectivity index (χ2v) is 5.36. The van der Waals surface area contributed by atoms with Crippen LogP contribution >= 0.6 is 0 Å². The van der Waals surface area contributed by atoms with Crippen molar-refractivity contribution in [2.24, 2.45) is 5.92 Å². The summed E-state index contributed by atoms with van der Waals surface area (Å²) in [5, 5.41) is 9.10. The van der Waals surface area contributed by atoms with Crippen molar-refractivity contribution >= 4 is 11.9 Å².